The number of carbonyl (C=O) groups is 1. The molecular weight excluding hydrogens is 334 g/mol. The molecule has 0 unspecified atom stereocenters. The Hall–Kier alpha value is -2.81. The summed E-state index contributed by atoms with van der Waals surface area (Å²) in [6, 6.07) is 2.02. The van der Waals surface area contributed by atoms with E-state index in [1.165, 1.54) is 0 Å². The number of likely N-dealkylation sites (tertiary alicyclic amines) is 1. The highest BCUT2D eigenvalue weighted by Gasteiger charge is 2.39. The summed E-state index contributed by atoms with van der Waals surface area (Å²) in [5.41, 5.74) is 2.39. The Balaban J connectivity index is 1.70. The maximum atomic E-state index is 13.3. The maximum Gasteiger partial charge on any atom is 0.258 e. The molecule has 1 aliphatic heterocycles. The van der Waals surface area contributed by atoms with E-state index in [2.05, 4.69) is 25.4 Å². The molecule has 0 radical (unpaired) electrons. The van der Waals surface area contributed by atoms with Crippen molar-refractivity contribution in [3.8, 4) is 0 Å². The van der Waals surface area contributed by atoms with Crippen LogP contribution in [0, 0.1) is 13.8 Å². The van der Waals surface area contributed by atoms with Crippen LogP contribution >= 0.6 is 0 Å². The Kier molecular flexibility index (Phi) is 3.95. The zero-order chi connectivity index (χ0) is 18.4. The Bertz CT molecular complexity index is 948. The zero-order valence-corrected chi connectivity index (χ0v) is 15.2. The van der Waals surface area contributed by atoms with Crippen LogP contribution < -0.4 is 0 Å². The van der Waals surface area contributed by atoms with Crippen LogP contribution in [0.2, 0.25) is 0 Å². The summed E-state index contributed by atoms with van der Waals surface area (Å²) in [6.07, 6.45) is 3.50. The molecule has 4 rings (SSSR count). The molecule has 1 saturated heterocycles. The van der Waals surface area contributed by atoms with Gasteiger partial charge in [-0.05, 0) is 34.0 Å². The lowest BCUT2D eigenvalue weighted by atomic mass is 10.1. The minimum absolute atomic E-state index is 0.0405. The predicted octanol–water partition coefficient (Wildman–Crippen LogP) is 1.06. The van der Waals surface area contributed by atoms with Crippen LogP contribution in [0.25, 0.3) is 11.1 Å². The van der Waals surface area contributed by atoms with Crippen molar-refractivity contribution in [2.75, 3.05) is 27.2 Å². The van der Waals surface area contributed by atoms with Gasteiger partial charge in [0.15, 0.2) is 0 Å². The number of rotatable bonds is 3. The highest BCUT2D eigenvalue weighted by atomic mass is 16.5. The second-order valence-corrected chi connectivity index (χ2v) is 6.95. The lowest BCUT2D eigenvalue weighted by molar-refractivity contribution is 0.0782. The number of carbonyl (C=O) groups excluding carboxylic acids is 1. The molecule has 0 bridgehead atoms. The Morgan fingerprint density at radius 2 is 2.12 bits per heavy atom. The molecule has 0 spiro atoms. The maximum absolute atomic E-state index is 13.3. The molecule has 1 aliphatic rings. The van der Waals surface area contributed by atoms with Crippen molar-refractivity contribution in [2.45, 2.75) is 25.9 Å². The SMILES string of the molecule is Cc1cc(C(=O)N2C[C@@H](N(C)C)[C@@H](n3ccnn3)C2)c2c(C)noc2n1. The number of hydrogen-bond acceptors (Lipinski definition) is 7. The van der Waals surface area contributed by atoms with Crippen LogP contribution in [0.15, 0.2) is 23.0 Å². The monoisotopic (exact) mass is 355 g/mol. The van der Waals surface area contributed by atoms with E-state index >= 15 is 0 Å². The first-order valence-corrected chi connectivity index (χ1v) is 8.51. The van der Waals surface area contributed by atoms with E-state index in [4.69, 9.17) is 4.52 Å². The standard InChI is InChI=1S/C17H21N7O2/c1-10-7-12(15-11(2)20-26-16(15)19-10)17(25)23-8-13(22(3)4)14(9-23)24-6-5-18-21-24/h5-7,13-14H,8-9H2,1-4H3/t13-,14+/m1/s1. The average molecular weight is 355 g/mol. The summed E-state index contributed by atoms with van der Waals surface area (Å²) in [5.74, 6) is -0.0405. The Morgan fingerprint density at radius 1 is 1.31 bits per heavy atom. The van der Waals surface area contributed by atoms with Crippen LogP contribution in [0.4, 0.5) is 0 Å². The van der Waals surface area contributed by atoms with E-state index in [0.29, 0.717) is 35.4 Å². The topological polar surface area (TPSA) is 93.2 Å². The van der Waals surface area contributed by atoms with Gasteiger partial charge < -0.3 is 14.3 Å². The van der Waals surface area contributed by atoms with Crippen LogP contribution in [0.3, 0.4) is 0 Å². The van der Waals surface area contributed by atoms with Gasteiger partial charge in [-0.2, -0.15) is 0 Å². The molecule has 9 heteroatoms. The lowest BCUT2D eigenvalue weighted by Gasteiger charge is -2.24. The third-order valence-corrected chi connectivity index (χ3v) is 4.97. The molecule has 0 saturated carbocycles. The molecule has 26 heavy (non-hydrogen) atoms. The van der Waals surface area contributed by atoms with Gasteiger partial charge in [-0.25, -0.2) is 9.67 Å². The number of nitrogens with zero attached hydrogens (tertiary/aromatic N) is 7. The van der Waals surface area contributed by atoms with Crippen LogP contribution in [-0.4, -0.2) is 74.1 Å². The van der Waals surface area contributed by atoms with E-state index in [-0.39, 0.29) is 18.0 Å². The van der Waals surface area contributed by atoms with Crippen molar-refractivity contribution < 1.29 is 9.32 Å². The molecule has 9 nitrogen and oxygen atoms in total. The highest BCUT2D eigenvalue weighted by molar-refractivity contribution is 6.06. The minimum atomic E-state index is -0.0405. The van der Waals surface area contributed by atoms with Crippen molar-refractivity contribution in [1.29, 1.82) is 0 Å². The number of hydrogen-bond donors (Lipinski definition) is 0. The van der Waals surface area contributed by atoms with Crippen molar-refractivity contribution in [2.24, 2.45) is 0 Å². The van der Waals surface area contributed by atoms with Gasteiger partial charge in [-0.3, -0.25) is 4.79 Å². The molecule has 0 aromatic carbocycles. The van der Waals surface area contributed by atoms with Crippen LogP contribution in [0.1, 0.15) is 27.8 Å². The van der Waals surface area contributed by atoms with E-state index < -0.39 is 0 Å². The van der Waals surface area contributed by atoms with Gasteiger partial charge in [0.05, 0.1) is 34.9 Å². The number of amides is 1. The molecule has 4 heterocycles. The first-order chi connectivity index (χ1) is 12.5. The van der Waals surface area contributed by atoms with Crippen LogP contribution in [-0.2, 0) is 0 Å². The first-order valence-electron chi connectivity index (χ1n) is 8.51. The fourth-order valence-corrected chi connectivity index (χ4v) is 3.65. The molecule has 0 N–H and O–H groups in total. The van der Waals surface area contributed by atoms with Gasteiger partial charge in [-0.15, -0.1) is 5.10 Å². The summed E-state index contributed by atoms with van der Waals surface area (Å²) < 4.78 is 7.09. The largest absolute Gasteiger partial charge is 0.336 e. The number of fused-ring (bicyclic) bond motifs is 1. The van der Waals surface area contributed by atoms with Gasteiger partial charge in [0.1, 0.15) is 0 Å². The number of likely N-dealkylation sites (N-methyl/N-ethyl adjacent to an activating group) is 1. The molecule has 3 aromatic heterocycles. The molecule has 1 fully saturated rings. The van der Waals surface area contributed by atoms with Gasteiger partial charge >= 0.3 is 0 Å². The second kappa shape index (κ2) is 6.17. The minimum Gasteiger partial charge on any atom is -0.336 e. The van der Waals surface area contributed by atoms with Crippen molar-refractivity contribution >= 4 is 17.0 Å². The Labute approximate surface area is 150 Å². The fraction of sp³-hybridized carbons (Fsp3) is 0.471. The van der Waals surface area contributed by atoms with E-state index in [9.17, 15) is 4.79 Å². The molecule has 3 aromatic rings. The smallest absolute Gasteiger partial charge is 0.258 e. The van der Waals surface area contributed by atoms with E-state index in [1.54, 1.807) is 6.20 Å². The molecule has 136 valence electrons. The lowest BCUT2D eigenvalue weighted by Crippen LogP contribution is -2.37. The van der Waals surface area contributed by atoms with Gasteiger partial charge in [0.25, 0.3) is 11.6 Å². The fourth-order valence-electron chi connectivity index (χ4n) is 3.65. The van der Waals surface area contributed by atoms with Crippen LogP contribution in [0.5, 0.6) is 0 Å². The van der Waals surface area contributed by atoms with E-state index in [1.807, 2.05) is 49.8 Å². The predicted molar refractivity (Wildman–Crippen MR) is 93.7 cm³/mol. The van der Waals surface area contributed by atoms with Gasteiger partial charge in [0.2, 0.25) is 0 Å². The number of pyridine rings is 1. The summed E-state index contributed by atoms with van der Waals surface area (Å²) >= 11 is 0. The van der Waals surface area contributed by atoms with Crippen molar-refractivity contribution in [3.63, 3.8) is 0 Å². The summed E-state index contributed by atoms with van der Waals surface area (Å²) in [4.78, 5) is 21.6. The molecular formula is C17H21N7O2. The third-order valence-electron chi connectivity index (χ3n) is 4.97. The molecule has 2 atom stereocenters. The summed E-state index contributed by atoms with van der Waals surface area (Å²) in [7, 11) is 4.03. The molecule has 0 aliphatic carbocycles. The summed E-state index contributed by atoms with van der Waals surface area (Å²) in [5, 5.41) is 12.7. The Morgan fingerprint density at radius 3 is 2.81 bits per heavy atom. The highest BCUT2D eigenvalue weighted by Crippen LogP contribution is 2.29. The van der Waals surface area contributed by atoms with Crippen molar-refractivity contribution in [3.05, 3.63) is 35.4 Å². The van der Waals surface area contributed by atoms with Gasteiger partial charge in [0, 0.05) is 25.0 Å². The normalized spacial score (nSPS) is 20.4. The first kappa shape index (κ1) is 16.6. The van der Waals surface area contributed by atoms with Gasteiger partial charge in [-0.1, -0.05) is 10.4 Å². The number of aryl methyl sites for hydroxylation is 2. The average Bonchev–Trinajstić information content (AvgIpc) is 3.32. The third kappa shape index (κ3) is 2.64. The zero-order valence-electron chi connectivity index (χ0n) is 15.2. The second-order valence-electron chi connectivity index (χ2n) is 6.95. The number of aromatic nitrogens is 5. The molecule has 1 amide bonds. The van der Waals surface area contributed by atoms with E-state index in [0.717, 1.165) is 5.69 Å². The van der Waals surface area contributed by atoms with Crippen molar-refractivity contribution in [1.82, 2.24) is 34.9 Å². The summed E-state index contributed by atoms with van der Waals surface area (Å²) in [6.45, 7) is 4.85. The quantitative estimate of drug-likeness (QED) is 0.693.